The molecule has 0 unspecified atom stereocenters. The average molecular weight is 491 g/mol. The predicted octanol–water partition coefficient (Wildman–Crippen LogP) is 3.77. The number of halogens is 3. The molecule has 2 rings (SSSR count). The maximum absolute atomic E-state index is 12.1. The fourth-order valence-corrected chi connectivity index (χ4v) is 2.91. The first kappa shape index (κ1) is 19.8. The summed E-state index contributed by atoms with van der Waals surface area (Å²) in [6.07, 6.45) is 1.59. The van der Waals surface area contributed by atoms with Crippen molar-refractivity contribution < 1.29 is 9.59 Å². The molecule has 25 heavy (non-hydrogen) atoms. The number of anilines is 2. The van der Waals surface area contributed by atoms with Crippen LogP contribution in [0.2, 0.25) is 5.02 Å². The van der Waals surface area contributed by atoms with Gasteiger partial charge in [-0.2, -0.15) is 0 Å². The average Bonchev–Trinajstić information content (AvgIpc) is 2.52. The molecule has 2 amide bonds. The SMILES string of the molecule is CN(CC(=O)Nc1ccc(Br)cn1)CC(=O)Nc1ccc(Br)cc1Cl. The molecular formula is C16H15Br2ClN4O2. The van der Waals surface area contributed by atoms with Crippen LogP contribution in [0.3, 0.4) is 0 Å². The molecule has 9 heteroatoms. The first-order valence-electron chi connectivity index (χ1n) is 7.18. The van der Waals surface area contributed by atoms with Gasteiger partial charge in [0.2, 0.25) is 11.8 Å². The number of nitrogens with zero attached hydrogens (tertiary/aromatic N) is 2. The standard InChI is InChI=1S/C16H15Br2ClN4O2/c1-23(9-16(25)22-14-5-3-11(18)7-20-14)8-15(24)21-13-4-2-10(17)6-12(13)19/h2-7H,8-9H2,1H3,(H,21,24)(H,20,22,25). The monoisotopic (exact) mass is 488 g/mol. The van der Waals surface area contributed by atoms with Crippen LogP contribution < -0.4 is 10.6 Å². The number of benzene rings is 1. The molecule has 2 N–H and O–H groups in total. The largest absolute Gasteiger partial charge is 0.324 e. The highest BCUT2D eigenvalue weighted by Crippen LogP contribution is 2.25. The maximum atomic E-state index is 12.1. The van der Waals surface area contributed by atoms with E-state index >= 15 is 0 Å². The molecule has 1 aromatic heterocycles. The number of hydrogen-bond acceptors (Lipinski definition) is 4. The summed E-state index contributed by atoms with van der Waals surface area (Å²) in [4.78, 5) is 29.7. The Morgan fingerprint density at radius 1 is 1.08 bits per heavy atom. The van der Waals surface area contributed by atoms with E-state index in [9.17, 15) is 9.59 Å². The van der Waals surface area contributed by atoms with Crippen LogP contribution in [-0.4, -0.2) is 41.8 Å². The van der Waals surface area contributed by atoms with Crippen LogP contribution in [0.1, 0.15) is 0 Å². The van der Waals surface area contributed by atoms with Crippen molar-refractivity contribution in [3.63, 3.8) is 0 Å². The Bertz CT molecular complexity index is 771. The summed E-state index contributed by atoms with van der Waals surface area (Å²) in [6.45, 7) is 0.104. The normalized spacial score (nSPS) is 10.6. The van der Waals surface area contributed by atoms with Crippen LogP contribution in [0.4, 0.5) is 11.5 Å². The van der Waals surface area contributed by atoms with Crippen LogP contribution in [0.15, 0.2) is 45.5 Å². The fourth-order valence-electron chi connectivity index (χ4n) is 1.96. The van der Waals surface area contributed by atoms with E-state index in [2.05, 4.69) is 47.5 Å². The Labute approximate surface area is 167 Å². The maximum Gasteiger partial charge on any atom is 0.239 e. The Kier molecular flexibility index (Phi) is 7.37. The van der Waals surface area contributed by atoms with Crippen molar-refractivity contribution >= 4 is 66.8 Å². The van der Waals surface area contributed by atoms with E-state index < -0.39 is 0 Å². The minimum atomic E-state index is -0.263. The van der Waals surface area contributed by atoms with Gasteiger partial charge in [0.15, 0.2) is 0 Å². The number of carbonyl (C=O) groups is 2. The van der Waals surface area contributed by atoms with Crippen LogP contribution in [0.25, 0.3) is 0 Å². The van der Waals surface area contributed by atoms with E-state index in [1.807, 2.05) is 0 Å². The van der Waals surface area contributed by atoms with Crippen LogP contribution in [0.5, 0.6) is 0 Å². The van der Waals surface area contributed by atoms with Gasteiger partial charge in [0.25, 0.3) is 0 Å². The lowest BCUT2D eigenvalue weighted by Crippen LogP contribution is -2.36. The van der Waals surface area contributed by atoms with Gasteiger partial charge in [-0.15, -0.1) is 0 Å². The van der Waals surface area contributed by atoms with Crippen molar-refractivity contribution in [2.45, 2.75) is 0 Å². The summed E-state index contributed by atoms with van der Waals surface area (Å²) in [5, 5.41) is 5.82. The molecule has 0 aliphatic rings. The molecule has 0 saturated heterocycles. The molecule has 0 atom stereocenters. The number of pyridine rings is 1. The van der Waals surface area contributed by atoms with E-state index in [-0.39, 0.29) is 24.9 Å². The molecule has 0 radical (unpaired) electrons. The van der Waals surface area contributed by atoms with Gasteiger partial charge in [-0.3, -0.25) is 14.5 Å². The van der Waals surface area contributed by atoms with Crippen molar-refractivity contribution in [3.05, 3.63) is 50.5 Å². The minimum absolute atomic E-state index is 0.0492. The summed E-state index contributed by atoms with van der Waals surface area (Å²) >= 11 is 12.6. The molecule has 6 nitrogen and oxygen atoms in total. The molecule has 132 valence electrons. The summed E-state index contributed by atoms with van der Waals surface area (Å²) < 4.78 is 1.65. The minimum Gasteiger partial charge on any atom is -0.324 e. The number of hydrogen-bond donors (Lipinski definition) is 2. The molecule has 0 fully saturated rings. The molecule has 2 aromatic rings. The smallest absolute Gasteiger partial charge is 0.239 e. The molecule has 0 aliphatic carbocycles. The van der Waals surface area contributed by atoms with Crippen molar-refractivity contribution in [2.24, 2.45) is 0 Å². The Morgan fingerprint density at radius 3 is 2.32 bits per heavy atom. The van der Waals surface area contributed by atoms with Gasteiger partial charge < -0.3 is 10.6 Å². The van der Waals surface area contributed by atoms with Crippen molar-refractivity contribution in [2.75, 3.05) is 30.8 Å². The number of likely N-dealkylation sites (N-methyl/N-ethyl adjacent to an activating group) is 1. The highest BCUT2D eigenvalue weighted by molar-refractivity contribution is 9.10. The van der Waals surface area contributed by atoms with Crippen LogP contribution in [-0.2, 0) is 9.59 Å². The zero-order valence-corrected chi connectivity index (χ0v) is 17.2. The van der Waals surface area contributed by atoms with Crippen LogP contribution >= 0.6 is 43.5 Å². The molecule has 0 aliphatic heterocycles. The number of carbonyl (C=O) groups excluding carboxylic acids is 2. The number of amides is 2. The van der Waals surface area contributed by atoms with Gasteiger partial charge in [-0.05, 0) is 53.3 Å². The highest BCUT2D eigenvalue weighted by Gasteiger charge is 2.12. The lowest BCUT2D eigenvalue weighted by molar-refractivity contribution is -0.119. The Morgan fingerprint density at radius 2 is 1.72 bits per heavy atom. The van der Waals surface area contributed by atoms with Gasteiger partial charge in [-0.25, -0.2) is 4.98 Å². The summed E-state index contributed by atoms with van der Waals surface area (Å²) in [7, 11) is 1.68. The molecule has 1 aromatic carbocycles. The van der Waals surface area contributed by atoms with E-state index in [4.69, 9.17) is 11.6 Å². The molecule has 0 spiro atoms. The quantitative estimate of drug-likeness (QED) is 0.647. The molecular weight excluding hydrogens is 475 g/mol. The Hall–Kier alpha value is -1.48. The summed E-state index contributed by atoms with van der Waals surface area (Å²) in [6, 6.07) is 8.64. The van der Waals surface area contributed by atoms with E-state index in [1.54, 1.807) is 48.5 Å². The van der Waals surface area contributed by atoms with Crippen molar-refractivity contribution in [3.8, 4) is 0 Å². The zero-order chi connectivity index (χ0) is 18.4. The highest BCUT2D eigenvalue weighted by atomic mass is 79.9. The van der Waals surface area contributed by atoms with Crippen LogP contribution in [0, 0.1) is 0 Å². The molecule has 1 heterocycles. The van der Waals surface area contributed by atoms with Crippen molar-refractivity contribution in [1.82, 2.24) is 9.88 Å². The zero-order valence-electron chi connectivity index (χ0n) is 13.2. The summed E-state index contributed by atoms with van der Waals surface area (Å²) in [5.74, 6) is -0.0687. The molecule has 0 saturated carbocycles. The second kappa shape index (κ2) is 9.28. The first-order chi connectivity index (χ1) is 11.8. The van der Waals surface area contributed by atoms with Gasteiger partial charge in [0.05, 0.1) is 23.8 Å². The number of nitrogens with one attached hydrogen (secondary N) is 2. The topological polar surface area (TPSA) is 74.3 Å². The lowest BCUT2D eigenvalue weighted by atomic mass is 10.3. The Balaban J connectivity index is 1.82. The third kappa shape index (κ3) is 6.74. The third-order valence-electron chi connectivity index (χ3n) is 3.03. The summed E-state index contributed by atoms with van der Waals surface area (Å²) in [5.41, 5.74) is 0.520. The molecule has 0 bridgehead atoms. The van der Waals surface area contributed by atoms with Gasteiger partial charge in [0.1, 0.15) is 5.82 Å². The number of rotatable bonds is 6. The predicted molar refractivity (Wildman–Crippen MR) is 106 cm³/mol. The van der Waals surface area contributed by atoms with E-state index in [0.29, 0.717) is 16.5 Å². The number of aromatic nitrogens is 1. The van der Waals surface area contributed by atoms with Gasteiger partial charge in [-0.1, -0.05) is 27.5 Å². The van der Waals surface area contributed by atoms with Gasteiger partial charge in [0, 0.05) is 15.1 Å². The van der Waals surface area contributed by atoms with Gasteiger partial charge >= 0.3 is 0 Å². The van der Waals surface area contributed by atoms with Crippen molar-refractivity contribution in [1.29, 1.82) is 0 Å². The van der Waals surface area contributed by atoms with E-state index in [0.717, 1.165) is 8.95 Å². The fraction of sp³-hybridized carbons (Fsp3) is 0.188. The third-order valence-corrected chi connectivity index (χ3v) is 4.30. The van der Waals surface area contributed by atoms with E-state index in [1.165, 1.54) is 0 Å². The second-order valence-electron chi connectivity index (χ2n) is 5.25. The first-order valence-corrected chi connectivity index (χ1v) is 9.15. The second-order valence-corrected chi connectivity index (χ2v) is 7.49. The lowest BCUT2D eigenvalue weighted by Gasteiger charge is -2.16.